The highest BCUT2D eigenvalue weighted by Gasteiger charge is 2.27. The molecular formula is C34H32O4. The molecule has 0 atom stereocenters. The Morgan fingerprint density at radius 3 is 1.11 bits per heavy atom. The smallest absolute Gasteiger partial charge is 0.338 e. The summed E-state index contributed by atoms with van der Waals surface area (Å²) in [5.41, 5.74) is 7.97. The van der Waals surface area contributed by atoms with Gasteiger partial charge in [0.2, 0.25) is 0 Å². The van der Waals surface area contributed by atoms with Crippen LogP contribution in [0.1, 0.15) is 57.5 Å². The molecule has 0 heterocycles. The molecule has 0 radical (unpaired) electrons. The SMILES string of the molecule is Cc1ccc(C(=O)OC2CCC(OC(=O)c3ccc(-c4ccc(-c5ccc(C)cc5)cc4)cc3)CC2)cc1. The first kappa shape index (κ1) is 25.5. The van der Waals surface area contributed by atoms with Crippen molar-refractivity contribution in [3.63, 3.8) is 0 Å². The lowest BCUT2D eigenvalue weighted by Gasteiger charge is -2.28. The molecular weight excluding hydrogens is 472 g/mol. The number of esters is 2. The second kappa shape index (κ2) is 11.5. The van der Waals surface area contributed by atoms with Gasteiger partial charge in [-0.2, -0.15) is 0 Å². The van der Waals surface area contributed by atoms with Crippen molar-refractivity contribution in [1.29, 1.82) is 0 Å². The van der Waals surface area contributed by atoms with Crippen LogP contribution >= 0.6 is 0 Å². The number of benzene rings is 4. The largest absolute Gasteiger partial charge is 0.459 e. The van der Waals surface area contributed by atoms with Gasteiger partial charge in [-0.1, -0.05) is 83.9 Å². The predicted octanol–water partition coefficient (Wildman–Crippen LogP) is 7.96. The molecule has 38 heavy (non-hydrogen) atoms. The molecule has 1 aliphatic rings. The number of carbonyl (C=O) groups excluding carboxylic acids is 2. The molecule has 0 aliphatic heterocycles. The zero-order valence-electron chi connectivity index (χ0n) is 21.9. The number of carbonyl (C=O) groups is 2. The van der Waals surface area contributed by atoms with Crippen molar-refractivity contribution in [2.45, 2.75) is 51.7 Å². The number of hydrogen-bond acceptors (Lipinski definition) is 4. The third kappa shape index (κ3) is 6.20. The highest BCUT2D eigenvalue weighted by Crippen LogP contribution is 2.27. The molecule has 1 aliphatic carbocycles. The van der Waals surface area contributed by atoms with Crippen LogP contribution in [0.15, 0.2) is 97.1 Å². The quantitative estimate of drug-likeness (QED) is 0.250. The molecule has 192 valence electrons. The highest BCUT2D eigenvalue weighted by molar-refractivity contribution is 5.90. The number of aryl methyl sites for hydroxylation is 2. The van der Waals surface area contributed by atoms with E-state index in [0.29, 0.717) is 36.8 Å². The summed E-state index contributed by atoms with van der Waals surface area (Å²) in [6.07, 6.45) is 2.44. The van der Waals surface area contributed by atoms with Crippen LogP contribution in [0.4, 0.5) is 0 Å². The summed E-state index contributed by atoms with van der Waals surface area (Å²) >= 11 is 0. The van der Waals surface area contributed by atoms with E-state index in [0.717, 1.165) is 16.7 Å². The van der Waals surface area contributed by atoms with Crippen molar-refractivity contribution in [2.75, 3.05) is 0 Å². The molecule has 0 spiro atoms. The molecule has 1 fully saturated rings. The van der Waals surface area contributed by atoms with Gasteiger partial charge in [-0.05, 0) is 86.1 Å². The lowest BCUT2D eigenvalue weighted by atomic mass is 9.94. The Morgan fingerprint density at radius 2 is 0.737 bits per heavy atom. The van der Waals surface area contributed by atoms with E-state index in [9.17, 15) is 9.59 Å². The Labute approximate surface area is 224 Å². The fourth-order valence-corrected chi connectivity index (χ4v) is 4.80. The molecule has 0 aromatic heterocycles. The van der Waals surface area contributed by atoms with Gasteiger partial charge in [0, 0.05) is 0 Å². The fraction of sp³-hybridized carbons (Fsp3) is 0.235. The van der Waals surface area contributed by atoms with Gasteiger partial charge < -0.3 is 9.47 Å². The van der Waals surface area contributed by atoms with Crippen LogP contribution in [-0.2, 0) is 9.47 Å². The highest BCUT2D eigenvalue weighted by atomic mass is 16.6. The topological polar surface area (TPSA) is 52.6 Å². The molecule has 0 saturated heterocycles. The van der Waals surface area contributed by atoms with E-state index in [1.54, 1.807) is 12.1 Å². The van der Waals surface area contributed by atoms with E-state index >= 15 is 0 Å². The minimum Gasteiger partial charge on any atom is -0.459 e. The van der Waals surface area contributed by atoms with Gasteiger partial charge in [-0.3, -0.25) is 0 Å². The van der Waals surface area contributed by atoms with Crippen LogP contribution in [0.3, 0.4) is 0 Å². The summed E-state index contributed by atoms with van der Waals surface area (Å²) < 4.78 is 11.4. The Hall–Kier alpha value is -4.18. The maximum Gasteiger partial charge on any atom is 0.338 e. The molecule has 0 N–H and O–H groups in total. The van der Waals surface area contributed by atoms with Crippen LogP contribution in [0.5, 0.6) is 0 Å². The second-order valence-corrected chi connectivity index (χ2v) is 10.1. The summed E-state index contributed by atoms with van der Waals surface area (Å²) in [7, 11) is 0. The maximum atomic E-state index is 12.8. The average molecular weight is 505 g/mol. The van der Waals surface area contributed by atoms with Crippen LogP contribution in [0.2, 0.25) is 0 Å². The summed E-state index contributed by atoms with van der Waals surface area (Å²) in [6, 6.07) is 31.9. The third-order valence-electron chi connectivity index (χ3n) is 7.18. The summed E-state index contributed by atoms with van der Waals surface area (Å²) in [5, 5.41) is 0. The van der Waals surface area contributed by atoms with E-state index in [1.165, 1.54) is 16.7 Å². The molecule has 5 rings (SSSR count). The molecule has 1 saturated carbocycles. The number of rotatable bonds is 6. The van der Waals surface area contributed by atoms with Gasteiger partial charge in [0.25, 0.3) is 0 Å². The lowest BCUT2D eigenvalue weighted by molar-refractivity contribution is -0.0108. The van der Waals surface area contributed by atoms with Gasteiger partial charge in [0.05, 0.1) is 11.1 Å². The molecule has 4 aromatic carbocycles. The molecule has 0 unspecified atom stereocenters. The van der Waals surface area contributed by atoms with Crippen molar-refractivity contribution in [1.82, 2.24) is 0 Å². The Bertz CT molecular complexity index is 1380. The standard InChI is InChI=1S/C34H32O4/c1-23-3-7-25(8-4-23)26-11-13-27(14-12-26)28-15-17-30(18-16-28)34(36)38-32-21-19-31(20-22-32)37-33(35)29-9-5-24(2)6-10-29/h3-18,31-32H,19-22H2,1-2H3. The van der Waals surface area contributed by atoms with E-state index in [-0.39, 0.29) is 24.1 Å². The van der Waals surface area contributed by atoms with Gasteiger partial charge in [0.15, 0.2) is 0 Å². The zero-order chi connectivity index (χ0) is 26.5. The fourth-order valence-electron chi connectivity index (χ4n) is 4.80. The maximum absolute atomic E-state index is 12.8. The van der Waals surface area contributed by atoms with Gasteiger partial charge in [-0.15, -0.1) is 0 Å². The van der Waals surface area contributed by atoms with E-state index in [2.05, 4.69) is 55.5 Å². The minimum absolute atomic E-state index is 0.143. The summed E-state index contributed by atoms with van der Waals surface area (Å²) in [6.45, 7) is 4.07. The van der Waals surface area contributed by atoms with Crippen molar-refractivity contribution in [2.24, 2.45) is 0 Å². The summed E-state index contributed by atoms with van der Waals surface area (Å²) in [5.74, 6) is -0.610. The first-order valence-corrected chi connectivity index (χ1v) is 13.2. The van der Waals surface area contributed by atoms with Gasteiger partial charge in [0.1, 0.15) is 12.2 Å². The Morgan fingerprint density at radius 1 is 0.474 bits per heavy atom. The first-order valence-electron chi connectivity index (χ1n) is 13.2. The van der Waals surface area contributed by atoms with Crippen molar-refractivity contribution in [3.8, 4) is 22.3 Å². The lowest BCUT2D eigenvalue weighted by Crippen LogP contribution is -2.29. The van der Waals surface area contributed by atoms with Crippen molar-refractivity contribution in [3.05, 3.63) is 119 Å². The molecule has 0 bridgehead atoms. The monoisotopic (exact) mass is 504 g/mol. The normalized spacial score (nSPS) is 17.0. The van der Waals surface area contributed by atoms with E-state index < -0.39 is 0 Å². The third-order valence-corrected chi connectivity index (χ3v) is 7.18. The van der Waals surface area contributed by atoms with E-state index in [4.69, 9.17) is 9.47 Å². The van der Waals surface area contributed by atoms with Gasteiger partial charge in [-0.25, -0.2) is 9.59 Å². The zero-order valence-corrected chi connectivity index (χ0v) is 21.9. The number of ether oxygens (including phenoxy) is 2. The summed E-state index contributed by atoms with van der Waals surface area (Å²) in [4.78, 5) is 25.1. The Balaban J connectivity index is 1.12. The Kier molecular flexibility index (Phi) is 7.69. The number of hydrogen-bond donors (Lipinski definition) is 0. The molecule has 4 aromatic rings. The van der Waals surface area contributed by atoms with E-state index in [1.807, 2.05) is 43.3 Å². The van der Waals surface area contributed by atoms with Crippen molar-refractivity contribution >= 4 is 11.9 Å². The molecule has 4 heteroatoms. The predicted molar refractivity (Wildman–Crippen MR) is 150 cm³/mol. The van der Waals surface area contributed by atoms with Gasteiger partial charge >= 0.3 is 11.9 Å². The van der Waals surface area contributed by atoms with Crippen LogP contribution in [0, 0.1) is 13.8 Å². The first-order chi connectivity index (χ1) is 18.4. The van der Waals surface area contributed by atoms with Crippen molar-refractivity contribution < 1.29 is 19.1 Å². The van der Waals surface area contributed by atoms with Crippen LogP contribution in [-0.4, -0.2) is 24.1 Å². The average Bonchev–Trinajstić information content (AvgIpc) is 2.95. The molecule has 4 nitrogen and oxygen atoms in total. The molecule has 0 amide bonds. The second-order valence-electron chi connectivity index (χ2n) is 10.1. The van der Waals surface area contributed by atoms with Crippen LogP contribution in [0.25, 0.3) is 22.3 Å². The minimum atomic E-state index is -0.314. The van der Waals surface area contributed by atoms with Crippen LogP contribution < -0.4 is 0 Å².